The molecule has 0 aromatic heterocycles. The fourth-order valence-electron chi connectivity index (χ4n) is 8.27. The maximum atomic E-state index is 14.5. The molecule has 9 nitrogen and oxygen atoms in total. The van der Waals surface area contributed by atoms with E-state index < -0.39 is 62.7 Å². The number of phenolic OH excluding ortho intramolecular Hbond substituents is 1. The van der Waals surface area contributed by atoms with E-state index in [0.717, 1.165) is 18.1 Å². The van der Waals surface area contributed by atoms with E-state index in [1.165, 1.54) is 6.07 Å². The van der Waals surface area contributed by atoms with Crippen LogP contribution in [-0.4, -0.2) is 56.0 Å². The summed E-state index contributed by atoms with van der Waals surface area (Å²) in [7, 11) is 0. The topological polar surface area (TPSA) is 158 Å². The summed E-state index contributed by atoms with van der Waals surface area (Å²) < 4.78 is 5.30. The maximum Gasteiger partial charge on any atom is 0.310 e. The first-order chi connectivity index (χ1) is 21.4. The van der Waals surface area contributed by atoms with Crippen LogP contribution in [0.2, 0.25) is 0 Å². The number of aliphatic hydroxyl groups is 3. The van der Waals surface area contributed by atoms with Gasteiger partial charge in [0.1, 0.15) is 22.8 Å². The lowest BCUT2D eigenvalue weighted by Gasteiger charge is -2.59. The van der Waals surface area contributed by atoms with Crippen LogP contribution in [0.3, 0.4) is 0 Å². The van der Waals surface area contributed by atoms with Gasteiger partial charge in [0.2, 0.25) is 5.78 Å². The average molecular weight is 631 g/mol. The van der Waals surface area contributed by atoms with Gasteiger partial charge in [-0.1, -0.05) is 71.9 Å². The number of phenols is 1. The maximum absolute atomic E-state index is 14.5. The van der Waals surface area contributed by atoms with Gasteiger partial charge in [-0.05, 0) is 59.9 Å². The molecule has 0 radical (unpaired) electrons. The Morgan fingerprint density at radius 3 is 2.17 bits per heavy atom. The lowest BCUT2D eigenvalue weighted by atomic mass is 9.43. The summed E-state index contributed by atoms with van der Waals surface area (Å²) >= 11 is 0. The molecule has 1 unspecified atom stereocenters. The largest absolute Gasteiger partial charge is 0.508 e. The minimum absolute atomic E-state index is 0.0113. The van der Waals surface area contributed by atoms with Crippen LogP contribution < -0.4 is 0 Å². The quantitative estimate of drug-likeness (QED) is 0.226. The summed E-state index contributed by atoms with van der Waals surface area (Å²) in [5.41, 5.74) is -3.29. The van der Waals surface area contributed by atoms with E-state index in [0.29, 0.717) is 17.7 Å². The van der Waals surface area contributed by atoms with E-state index >= 15 is 0 Å². The van der Waals surface area contributed by atoms with Crippen LogP contribution in [0.15, 0.2) is 53.3 Å². The number of Topliss-reactive ketones (excluding diaryl/α,β-unsaturated/α-hetero) is 3. The van der Waals surface area contributed by atoms with Crippen molar-refractivity contribution in [1.29, 1.82) is 0 Å². The second kappa shape index (κ2) is 11.2. The zero-order valence-corrected chi connectivity index (χ0v) is 27.4. The van der Waals surface area contributed by atoms with Crippen molar-refractivity contribution < 1.29 is 44.3 Å². The molecule has 1 saturated carbocycles. The van der Waals surface area contributed by atoms with Crippen LogP contribution in [0, 0.1) is 28.6 Å². The van der Waals surface area contributed by atoms with Crippen LogP contribution in [0.1, 0.15) is 71.6 Å². The Bertz CT molecular complexity index is 1730. The van der Waals surface area contributed by atoms with Crippen LogP contribution in [0.4, 0.5) is 0 Å². The third-order valence-corrected chi connectivity index (χ3v) is 10.1. The van der Waals surface area contributed by atoms with Crippen molar-refractivity contribution in [3.8, 4) is 16.9 Å². The van der Waals surface area contributed by atoms with Crippen LogP contribution >= 0.6 is 0 Å². The first-order valence-corrected chi connectivity index (χ1v) is 15.7. The lowest BCUT2D eigenvalue weighted by Crippen LogP contribution is -2.69. The molecule has 9 heteroatoms. The molecule has 1 fully saturated rings. The standard InChI is InChI=1S/C37H42O9/c1-18(2)16-46-26(40)14-21-8-10-22(11-9-21)23-12-13-25(39)28-24(23)15-35(6)17-36(7)29(19(3)4)31(41)27(20(5)38)33(43)37(36,45)34(44)30(35)32(28)42/h8-13,18-19,29,39,42-43,45H,14-17H2,1-7H3/t29?,35-,36-,37+/m1/s1. The van der Waals surface area contributed by atoms with Gasteiger partial charge in [-0.3, -0.25) is 19.2 Å². The van der Waals surface area contributed by atoms with Gasteiger partial charge >= 0.3 is 5.97 Å². The van der Waals surface area contributed by atoms with Crippen molar-refractivity contribution in [3.05, 3.63) is 70.0 Å². The molecule has 3 aliphatic carbocycles. The summed E-state index contributed by atoms with van der Waals surface area (Å²) in [5.74, 6) is -5.67. The van der Waals surface area contributed by atoms with Crippen molar-refractivity contribution in [2.75, 3.05) is 6.61 Å². The number of carbonyl (C=O) groups excluding carboxylic acids is 4. The highest BCUT2D eigenvalue weighted by Crippen LogP contribution is 2.65. The van der Waals surface area contributed by atoms with Crippen LogP contribution in [0.5, 0.6) is 5.75 Å². The number of carbonyl (C=O) groups is 4. The normalized spacial score (nSPS) is 27.5. The van der Waals surface area contributed by atoms with E-state index in [1.54, 1.807) is 33.8 Å². The number of ether oxygens (including phenoxy) is 1. The first-order valence-electron chi connectivity index (χ1n) is 15.7. The Balaban J connectivity index is 1.64. The molecule has 4 N–H and O–H groups in total. The number of allylic oxidation sites excluding steroid dienone is 1. The van der Waals surface area contributed by atoms with Crippen molar-refractivity contribution in [2.45, 2.75) is 73.3 Å². The number of benzene rings is 2. The van der Waals surface area contributed by atoms with Crippen molar-refractivity contribution >= 4 is 29.1 Å². The Labute approximate surface area is 268 Å². The molecule has 0 aliphatic heterocycles. The fraction of sp³-hybridized carbons (Fsp3) is 0.459. The molecule has 0 amide bonds. The number of aromatic hydroxyl groups is 1. The molecule has 2 aromatic carbocycles. The lowest BCUT2D eigenvalue weighted by molar-refractivity contribution is -0.178. The van der Waals surface area contributed by atoms with Gasteiger partial charge < -0.3 is 25.2 Å². The SMILES string of the molecule is CC(=O)C1=C(O)[C@]2(O)C(=O)C3=C(O)c4c(O)ccc(-c5ccc(CC(=O)OCC(C)C)cc5)c4C[C@]3(C)C[C@]2(C)C(C(C)C)C1=O. The van der Waals surface area contributed by atoms with Crippen molar-refractivity contribution in [2.24, 2.45) is 28.6 Å². The van der Waals surface area contributed by atoms with Crippen molar-refractivity contribution in [3.63, 3.8) is 0 Å². The van der Waals surface area contributed by atoms with Gasteiger partial charge in [0, 0.05) is 22.3 Å². The molecule has 0 spiro atoms. The minimum atomic E-state index is -2.66. The fourth-order valence-corrected chi connectivity index (χ4v) is 8.27. The Kier molecular flexibility index (Phi) is 8.09. The summed E-state index contributed by atoms with van der Waals surface area (Å²) in [4.78, 5) is 53.0. The summed E-state index contributed by atoms with van der Waals surface area (Å²) in [6.45, 7) is 12.3. The summed E-state index contributed by atoms with van der Waals surface area (Å²) in [6.07, 6.45) is 0.282. The highest BCUT2D eigenvalue weighted by atomic mass is 16.5. The molecule has 0 bridgehead atoms. The highest BCUT2D eigenvalue weighted by molar-refractivity contribution is 6.24. The first kappa shape index (κ1) is 33.1. The molecule has 3 aliphatic rings. The number of esters is 1. The second-order valence-electron chi connectivity index (χ2n) is 14.4. The van der Waals surface area contributed by atoms with Gasteiger partial charge in [0.05, 0.1) is 18.6 Å². The Hall–Kier alpha value is -4.24. The van der Waals surface area contributed by atoms with Gasteiger partial charge in [0.15, 0.2) is 17.2 Å². The third-order valence-electron chi connectivity index (χ3n) is 10.1. The van der Waals surface area contributed by atoms with E-state index in [1.807, 2.05) is 38.1 Å². The number of hydrogen-bond acceptors (Lipinski definition) is 9. The molecule has 4 atom stereocenters. The molecule has 244 valence electrons. The van der Waals surface area contributed by atoms with E-state index in [4.69, 9.17) is 4.74 Å². The summed E-state index contributed by atoms with van der Waals surface area (Å²) in [5, 5.41) is 46.3. The van der Waals surface area contributed by atoms with Gasteiger partial charge in [-0.15, -0.1) is 0 Å². The molecule has 0 saturated heterocycles. The van der Waals surface area contributed by atoms with Crippen LogP contribution in [0.25, 0.3) is 16.9 Å². The molecular weight excluding hydrogens is 588 g/mol. The second-order valence-corrected chi connectivity index (χ2v) is 14.4. The molecule has 2 aromatic rings. The predicted octanol–water partition coefficient (Wildman–Crippen LogP) is 5.60. The van der Waals surface area contributed by atoms with Crippen LogP contribution in [-0.2, 0) is 36.8 Å². The Morgan fingerprint density at radius 1 is 0.978 bits per heavy atom. The number of fused-ring (bicyclic) bond motifs is 3. The van der Waals surface area contributed by atoms with Gasteiger partial charge in [0.25, 0.3) is 0 Å². The monoisotopic (exact) mass is 630 g/mol. The number of hydrogen-bond donors (Lipinski definition) is 4. The molecule has 5 rings (SSSR count). The zero-order valence-electron chi connectivity index (χ0n) is 27.4. The number of ketones is 3. The van der Waals surface area contributed by atoms with Gasteiger partial charge in [-0.2, -0.15) is 0 Å². The Morgan fingerprint density at radius 2 is 1.61 bits per heavy atom. The smallest absolute Gasteiger partial charge is 0.310 e. The molecule has 46 heavy (non-hydrogen) atoms. The summed E-state index contributed by atoms with van der Waals surface area (Å²) in [6, 6.07) is 10.4. The predicted molar refractivity (Wildman–Crippen MR) is 171 cm³/mol. The third kappa shape index (κ3) is 4.78. The zero-order chi connectivity index (χ0) is 34.1. The minimum Gasteiger partial charge on any atom is -0.508 e. The van der Waals surface area contributed by atoms with E-state index in [-0.39, 0.29) is 48.0 Å². The van der Waals surface area contributed by atoms with E-state index in [2.05, 4.69) is 0 Å². The average Bonchev–Trinajstić information content (AvgIpc) is 2.94. The molecular formula is C37H42O9. The number of aliphatic hydroxyl groups excluding tert-OH is 2. The molecule has 0 heterocycles. The van der Waals surface area contributed by atoms with E-state index in [9.17, 15) is 39.6 Å². The van der Waals surface area contributed by atoms with Crippen molar-refractivity contribution in [1.82, 2.24) is 0 Å². The highest BCUT2D eigenvalue weighted by Gasteiger charge is 2.72. The number of rotatable bonds is 7. The van der Waals surface area contributed by atoms with Gasteiger partial charge in [-0.25, -0.2) is 0 Å².